The Hall–Kier alpha value is -2.23. The molecular formula is C16H12F2O2. The first kappa shape index (κ1) is 12.8. The molecule has 0 amide bonds. The van der Waals surface area contributed by atoms with Gasteiger partial charge in [-0.1, -0.05) is 6.07 Å². The molecule has 1 atom stereocenters. The second kappa shape index (κ2) is 4.71. The summed E-state index contributed by atoms with van der Waals surface area (Å²) in [6.45, 7) is 1.66. The van der Waals surface area contributed by atoms with Gasteiger partial charge in [0.05, 0.1) is 12.0 Å². The van der Waals surface area contributed by atoms with E-state index >= 15 is 0 Å². The highest BCUT2D eigenvalue weighted by molar-refractivity contribution is 6.00. The lowest BCUT2D eigenvalue weighted by Crippen LogP contribution is -2.20. The Labute approximate surface area is 115 Å². The van der Waals surface area contributed by atoms with Gasteiger partial charge in [0, 0.05) is 0 Å². The van der Waals surface area contributed by atoms with Crippen LogP contribution in [0.5, 0.6) is 5.75 Å². The molecule has 0 aliphatic carbocycles. The first-order valence-electron chi connectivity index (χ1n) is 6.30. The van der Waals surface area contributed by atoms with Gasteiger partial charge in [0.25, 0.3) is 0 Å². The first-order valence-corrected chi connectivity index (χ1v) is 6.30. The zero-order valence-electron chi connectivity index (χ0n) is 10.8. The van der Waals surface area contributed by atoms with Crippen LogP contribution in [0.2, 0.25) is 0 Å². The fourth-order valence-electron chi connectivity index (χ4n) is 2.35. The number of ether oxygens (including phenoxy) is 1. The number of ketones is 1. The van der Waals surface area contributed by atoms with E-state index in [0.717, 1.165) is 5.56 Å². The zero-order chi connectivity index (χ0) is 14.3. The molecule has 0 saturated carbocycles. The monoisotopic (exact) mass is 274 g/mol. The molecule has 0 spiro atoms. The highest BCUT2D eigenvalue weighted by Crippen LogP contribution is 2.35. The summed E-state index contributed by atoms with van der Waals surface area (Å²) in [5.74, 6) is -0.553. The lowest BCUT2D eigenvalue weighted by atomic mass is 9.95. The van der Waals surface area contributed by atoms with Crippen LogP contribution >= 0.6 is 0 Å². The molecule has 4 heteroatoms. The summed E-state index contributed by atoms with van der Waals surface area (Å²) in [5.41, 5.74) is 1.51. The van der Waals surface area contributed by atoms with Crippen molar-refractivity contribution in [1.82, 2.24) is 0 Å². The third-order valence-corrected chi connectivity index (χ3v) is 3.44. The number of hydrogen-bond donors (Lipinski definition) is 0. The van der Waals surface area contributed by atoms with Crippen LogP contribution < -0.4 is 4.74 Å². The van der Waals surface area contributed by atoms with Crippen LogP contribution in [0, 0.1) is 18.6 Å². The molecule has 102 valence electrons. The molecular weight excluding hydrogens is 262 g/mol. The van der Waals surface area contributed by atoms with E-state index in [-0.39, 0.29) is 23.6 Å². The Balaban J connectivity index is 1.97. The summed E-state index contributed by atoms with van der Waals surface area (Å²) < 4.78 is 32.1. The summed E-state index contributed by atoms with van der Waals surface area (Å²) in [4.78, 5) is 12.1. The van der Waals surface area contributed by atoms with Crippen LogP contribution in [0.15, 0.2) is 36.4 Å². The molecule has 0 aromatic heterocycles. The number of hydrogen-bond acceptors (Lipinski definition) is 2. The van der Waals surface area contributed by atoms with Gasteiger partial charge in [0.2, 0.25) is 0 Å². The highest BCUT2D eigenvalue weighted by atomic mass is 19.1. The van der Waals surface area contributed by atoms with Gasteiger partial charge in [-0.25, -0.2) is 8.78 Å². The number of Topliss-reactive ketones (excluding diaryl/α,β-unsaturated/α-hetero) is 1. The van der Waals surface area contributed by atoms with E-state index in [2.05, 4.69) is 0 Å². The number of benzene rings is 2. The van der Waals surface area contributed by atoms with E-state index in [1.54, 1.807) is 19.1 Å². The normalized spacial score (nSPS) is 17.6. The maximum Gasteiger partial charge on any atom is 0.170 e. The average Bonchev–Trinajstić information content (AvgIpc) is 2.42. The van der Waals surface area contributed by atoms with Gasteiger partial charge in [0.1, 0.15) is 23.5 Å². The van der Waals surface area contributed by atoms with Gasteiger partial charge in [-0.3, -0.25) is 4.79 Å². The summed E-state index contributed by atoms with van der Waals surface area (Å²) in [6.07, 6.45) is -0.332. The van der Waals surface area contributed by atoms with Gasteiger partial charge in [-0.15, -0.1) is 0 Å². The number of halogens is 2. The van der Waals surface area contributed by atoms with Crippen LogP contribution in [0.4, 0.5) is 8.78 Å². The van der Waals surface area contributed by atoms with Crippen molar-refractivity contribution >= 4 is 5.78 Å². The number of carbonyl (C=O) groups is 1. The molecule has 2 aromatic carbocycles. The Bertz CT molecular complexity index is 695. The van der Waals surface area contributed by atoms with Crippen molar-refractivity contribution in [3.05, 3.63) is 64.7 Å². The lowest BCUT2D eigenvalue weighted by Gasteiger charge is -2.25. The lowest BCUT2D eigenvalue weighted by molar-refractivity contribution is 0.0849. The van der Waals surface area contributed by atoms with E-state index in [0.29, 0.717) is 11.3 Å². The molecule has 2 aromatic rings. The topological polar surface area (TPSA) is 26.3 Å². The van der Waals surface area contributed by atoms with Crippen LogP contribution in [0.25, 0.3) is 0 Å². The molecule has 0 radical (unpaired) electrons. The predicted molar refractivity (Wildman–Crippen MR) is 69.9 cm³/mol. The fourth-order valence-corrected chi connectivity index (χ4v) is 2.35. The van der Waals surface area contributed by atoms with Crippen LogP contribution in [-0.2, 0) is 0 Å². The summed E-state index contributed by atoms with van der Waals surface area (Å²) >= 11 is 0. The molecule has 1 heterocycles. The van der Waals surface area contributed by atoms with Gasteiger partial charge in [-0.2, -0.15) is 0 Å². The van der Waals surface area contributed by atoms with Crippen molar-refractivity contribution in [3.63, 3.8) is 0 Å². The summed E-state index contributed by atoms with van der Waals surface area (Å²) in [6, 6.07) is 8.52. The second-order valence-corrected chi connectivity index (χ2v) is 4.88. The maximum absolute atomic E-state index is 13.3. The van der Waals surface area contributed by atoms with Gasteiger partial charge in [-0.05, 0) is 48.4 Å². The second-order valence-electron chi connectivity index (χ2n) is 4.88. The molecule has 20 heavy (non-hydrogen) atoms. The van der Waals surface area contributed by atoms with E-state index in [1.165, 1.54) is 24.3 Å². The van der Waals surface area contributed by atoms with Crippen LogP contribution in [-0.4, -0.2) is 5.78 Å². The van der Waals surface area contributed by atoms with Crippen molar-refractivity contribution in [3.8, 4) is 5.75 Å². The maximum atomic E-state index is 13.3. The minimum absolute atomic E-state index is 0.127. The fraction of sp³-hybridized carbons (Fsp3) is 0.188. The third-order valence-electron chi connectivity index (χ3n) is 3.44. The molecule has 2 nitrogen and oxygen atoms in total. The van der Waals surface area contributed by atoms with Crippen LogP contribution in [0.1, 0.15) is 34.0 Å². The minimum Gasteiger partial charge on any atom is -0.484 e. The zero-order valence-corrected chi connectivity index (χ0v) is 10.8. The van der Waals surface area contributed by atoms with Crippen molar-refractivity contribution in [2.75, 3.05) is 0 Å². The number of aryl methyl sites for hydroxylation is 1. The standard InChI is InChI=1S/C16H12F2O2/c1-9-6-10(2-4-13(9)18)16-8-14(19)12-7-11(17)3-5-15(12)20-16/h2-7,16H,8H2,1H3. The smallest absolute Gasteiger partial charge is 0.170 e. The van der Waals surface area contributed by atoms with Crippen molar-refractivity contribution in [2.45, 2.75) is 19.4 Å². The molecule has 1 aliphatic heterocycles. The predicted octanol–water partition coefficient (Wildman–Crippen LogP) is 3.98. The minimum atomic E-state index is -0.461. The van der Waals surface area contributed by atoms with Gasteiger partial charge in [0.15, 0.2) is 5.78 Å². The van der Waals surface area contributed by atoms with Crippen LogP contribution in [0.3, 0.4) is 0 Å². The molecule has 1 aliphatic rings. The molecule has 0 saturated heterocycles. The van der Waals surface area contributed by atoms with Crippen molar-refractivity contribution in [2.24, 2.45) is 0 Å². The average molecular weight is 274 g/mol. The van der Waals surface area contributed by atoms with E-state index in [1.807, 2.05) is 0 Å². The molecule has 1 unspecified atom stereocenters. The number of rotatable bonds is 1. The third kappa shape index (κ3) is 2.18. The Morgan fingerprint density at radius 3 is 2.70 bits per heavy atom. The van der Waals surface area contributed by atoms with E-state index < -0.39 is 11.9 Å². The molecule has 0 bridgehead atoms. The van der Waals surface area contributed by atoms with E-state index in [9.17, 15) is 13.6 Å². The summed E-state index contributed by atoms with van der Waals surface area (Å²) in [5, 5.41) is 0. The largest absolute Gasteiger partial charge is 0.484 e. The summed E-state index contributed by atoms with van der Waals surface area (Å²) in [7, 11) is 0. The Kier molecular flexibility index (Phi) is 3.01. The molecule has 3 rings (SSSR count). The Morgan fingerprint density at radius 2 is 1.95 bits per heavy atom. The highest BCUT2D eigenvalue weighted by Gasteiger charge is 2.28. The van der Waals surface area contributed by atoms with Gasteiger partial charge < -0.3 is 4.74 Å². The van der Waals surface area contributed by atoms with Crippen molar-refractivity contribution < 1.29 is 18.3 Å². The molecule has 0 N–H and O–H groups in total. The number of carbonyl (C=O) groups excluding carboxylic acids is 1. The van der Waals surface area contributed by atoms with Crippen molar-refractivity contribution in [1.29, 1.82) is 0 Å². The molecule has 0 fully saturated rings. The Morgan fingerprint density at radius 1 is 1.15 bits per heavy atom. The quantitative estimate of drug-likeness (QED) is 0.786. The first-order chi connectivity index (χ1) is 9.54. The number of fused-ring (bicyclic) bond motifs is 1. The van der Waals surface area contributed by atoms with Gasteiger partial charge >= 0.3 is 0 Å². The SMILES string of the molecule is Cc1cc(C2CC(=O)c3cc(F)ccc3O2)ccc1F. The van der Waals surface area contributed by atoms with E-state index in [4.69, 9.17) is 4.74 Å².